The normalized spacial score (nSPS) is 14.8. The lowest BCUT2D eigenvalue weighted by molar-refractivity contribution is -0.137. The van der Waals surface area contributed by atoms with Crippen molar-refractivity contribution < 1.29 is 32.3 Å². The minimum atomic E-state index is -4.60. The van der Waals surface area contributed by atoms with Gasteiger partial charge in [-0.1, -0.05) is 11.4 Å². The van der Waals surface area contributed by atoms with Crippen molar-refractivity contribution in [2.45, 2.75) is 32.5 Å². The molecule has 2 aromatic rings. The number of ether oxygens (including phenoxy) is 1. The molecule has 2 amide bonds. The minimum Gasteiger partial charge on any atom is -0.448 e. The zero-order chi connectivity index (χ0) is 21.3. The van der Waals surface area contributed by atoms with Crippen LogP contribution in [0.4, 0.5) is 24.5 Å². The van der Waals surface area contributed by atoms with E-state index in [9.17, 15) is 27.6 Å². The molecule has 0 saturated heterocycles. The smallest absolute Gasteiger partial charge is 0.416 e. The predicted molar refractivity (Wildman–Crippen MR) is 96.6 cm³/mol. The number of carbonyl (C=O) groups excluding carboxylic acids is 3. The van der Waals surface area contributed by atoms with E-state index in [1.54, 1.807) is 6.92 Å². The molecule has 8 nitrogen and oxygen atoms in total. The van der Waals surface area contributed by atoms with Gasteiger partial charge in [0.2, 0.25) is 5.91 Å². The van der Waals surface area contributed by atoms with E-state index in [-0.39, 0.29) is 16.3 Å². The molecule has 0 bridgehead atoms. The van der Waals surface area contributed by atoms with Crippen LogP contribution in [0.3, 0.4) is 0 Å². The van der Waals surface area contributed by atoms with Crippen LogP contribution in [0, 0.1) is 0 Å². The second kappa shape index (κ2) is 7.78. The number of aromatic nitrogens is 2. The highest BCUT2D eigenvalue weighted by Crippen LogP contribution is 2.37. The minimum absolute atomic E-state index is 0.0826. The molecule has 0 aliphatic carbocycles. The Morgan fingerprint density at radius 1 is 1.38 bits per heavy atom. The van der Waals surface area contributed by atoms with Gasteiger partial charge in [-0.2, -0.15) is 13.2 Å². The van der Waals surface area contributed by atoms with Gasteiger partial charge in [0.25, 0.3) is 5.91 Å². The van der Waals surface area contributed by atoms with E-state index in [1.807, 2.05) is 0 Å². The van der Waals surface area contributed by atoms with Crippen LogP contribution in [0.25, 0.3) is 0 Å². The summed E-state index contributed by atoms with van der Waals surface area (Å²) in [6.07, 6.45) is -5.44. The number of anilines is 2. The molecule has 1 unspecified atom stereocenters. The van der Waals surface area contributed by atoms with Crippen molar-refractivity contribution >= 4 is 40.7 Å². The van der Waals surface area contributed by atoms with E-state index in [0.717, 1.165) is 34.6 Å². The summed E-state index contributed by atoms with van der Waals surface area (Å²) in [5.74, 6) is -2.19. The van der Waals surface area contributed by atoms with Gasteiger partial charge in [-0.3, -0.25) is 14.5 Å². The maximum atomic E-state index is 12.9. The Hall–Kier alpha value is -3.02. The van der Waals surface area contributed by atoms with Crippen LogP contribution in [-0.2, 0) is 26.9 Å². The number of nitrogens with one attached hydrogen (secondary N) is 1. The second-order valence-corrected chi connectivity index (χ2v) is 6.91. The van der Waals surface area contributed by atoms with E-state index in [2.05, 4.69) is 14.9 Å². The molecule has 154 valence electrons. The quantitative estimate of drug-likeness (QED) is 0.752. The Morgan fingerprint density at radius 3 is 2.76 bits per heavy atom. The van der Waals surface area contributed by atoms with E-state index >= 15 is 0 Å². The van der Waals surface area contributed by atoms with Crippen LogP contribution in [-0.4, -0.2) is 40.0 Å². The maximum absolute atomic E-state index is 12.9. The molecule has 1 aliphatic rings. The summed E-state index contributed by atoms with van der Waals surface area (Å²) in [6.45, 7) is 2.68. The molecule has 2 heterocycles. The number of alkyl halides is 3. The zero-order valence-electron chi connectivity index (χ0n) is 15.2. The molecule has 0 saturated carbocycles. The third-order valence-electron chi connectivity index (χ3n) is 4.16. The number of hydrogen-bond acceptors (Lipinski definition) is 7. The Morgan fingerprint density at radius 2 is 2.10 bits per heavy atom. The first-order valence-corrected chi connectivity index (χ1v) is 9.23. The van der Waals surface area contributed by atoms with Crippen LogP contribution in [0.15, 0.2) is 18.2 Å². The first-order valence-electron chi connectivity index (χ1n) is 8.46. The number of carbonyl (C=O) groups is 3. The Kier molecular flexibility index (Phi) is 5.55. The largest absolute Gasteiger partial charge is 0.448 e. The highest BCUT2D eigenvalue weighted by Gasteiger charge is 2.36. The summed E-state index contributed by atoms with van der Waals surface area (Å²) >= 11 is 0.833. The molecule has 12 heteroatoms. The van der Waals surface area contributed by atoms with Gasteiger partial charge in [0.1, 0.15) is 6.54 Å². The number of aryl methyl sites for hydroxylation is 1. The topological polar surface area (TPSA) is 101 Å². The van der Waals surface area contributed by atoms with Gasteiger partial charge in [0.15, 0.2) is 11.0 Å². The Bertz CT molecular complexity index is 976. The molecule has 0 spiro atoms. The van der Waals surface area contributed by atoms with Crippen LogP contribution < -0.4 is 10.2 Å². The van der Waals surface area contributed by atoms with E-state index in [4.69, 9.17) is 4.74 Å². The van der Waals surface area contributed by atoms with Gasteiger partial charge in [-0.05, 0) is 43.1 Å². The summed E-state index contributed by atoms with van der Waals surface area (Å²) in [5, 5.41) is 6.11. The SMILES string of the molecule is CCc1nnsc1C(=O)OC(C)C(=O)N1CC(=O)Nc2cc(C(F)(F)F)ccc21. The molecule has 1 atom stereocenters. The Labute approximate surface area is 166 Å². The second-order valence-electron chi connectivity index (χ2n) is 6.15. The average Bonchev–Trinajstić information content (AvgIpc) is 3.14. The number of fused-ring (bicyclic) bond motifs is 1. The molecule has 0 fully saturated rings. The fourth-order valence-electron chi connectivity index (χ4n) is 2.74. The van der Waals surface area contributed by atoms with Crippen LogP contribution in [0.1, 0.15) is 34.8 Å². The van der Waals surface area contributed by atoms with Crippen molar-refractivity contribution in [3.05, 3.63) is 34.3 Å². The monoisotopic (exact) mass is 428 g/mol. The number of amides is 2. The number of halogens is 3. The van der Waals surface area contributed by atoms with Gasteiger partial charge in [-0.25, -0.2) is 4.79 Å². The predicted octanol–water partition coefficient (Wildman–Crippen LogP) is 2.65. The van der Waals surface area contributed by atoms with Crippen LogP contribution in [0.2, 0.25) is 0 Å². The number of esters is 1. The lowest BCUT2D eigenvalue weighted by atomic mass is 10.1. The number of hydrogen-bond donors (Lipinski definition) is 1. The number of nitrogens with zero attached hydrogens (tertiary/aromatic N) is 3. The van der Waals surface area contributed by atoms with Gasteiger partial charge in [0.05, 0.1) is 22.6 Å². The van der Waals surface area contributed by atoms with Crippen molar-refractivity contribution in [1.29, 1.82) is 0 Å². The van der Waals surface area contributed by atoms with Gasteiger partial charge in [-0.15, -0.1) is 5.10 Å². The third-order valence-corrected chi connectivity index (χ3v) is 4.91. The molecule has 1 aromatic heterocycles. The van der Waals surface area contributed by atoms with Crippen molar-refractivity contribution in [1.82, 2.24) is 9.59 Å². The fraction of sp³-hybridized carbons (Fsp3) is 0.353. The number of benzene rings is 1. The fourth-order valence-corrected chi connectivity index (χ4v) is 3.38. The van der Waals surface area contributed by atoms with Crippen molar-refractivity contribution in [3.63, 3.8) is 0 Å². The lowest BCUT2D eigenvalue weighted by Crippen LogP contribution is -2.47. The molecule has 1 N–H and O–H groups in total. The highest BCUT2D eigenvalue weighted by molar-refractivity contribution is 7.07. The average molecular weight is 428 g/mol. The van der Waals surface area contributed by atoms with E-state index in [0.29, 0.717) is 12.1 Å². The zero-order valence-corrected chi connectivity index (χ0v) is 16.1. The van der Waals surface area contributed by atoms with Crippen LogP contribution >= 0.6 is 11.5 Å². The number of rotatable bonds is 4. The maximum Gasteiger partial charge on any atom is 0.416 e. The van der Waals surface area contributed by atoms with Crippen LogP contribution in [0.5, 0.6) is 0 Å². The molecular weight excluding hydrogens is 413 g/mol. The molecule has 1 aliphatic heterocycles. The molecule has 0 radical (unpaired) electrons. The van der Waals surface area contributed by atoms with Crippen molar-refractivity contribution in [2.75, 3.05) is 16.8 Å². The standard InChI is InChI=1S/C17H15F3N4O4S/c1-3-10-14(29-23-22-10)16(27)28-8(2)15(26)24-7-13(25)21-11-6-9(17(18,19)20)4-5-12(11)24/h4-6,8H,3,7H2,1-2H3,(H,21,25). The summed E-state index contributed by atoms with van der Waals surface area (Å²) < 4.78 is 47.6. The third kappa shape index (κ3) is 4.21. The van der Waals surface area contributed by atoms with Gasteiger partial charge >= 0.3 is 12.1 Å². The summed E-state index contributed by atoms with van der Waals surface area (Å²) in [6, 6.07) is 2.65. The first kappa shape index (κ1) is 20.7. The first-order chi connectivity index (χ1) is 13.6. The molecule has 1 aromatic carbocycles. The summed E-state index contributed by atoms with van der Waals surface area (Å²) in [5.41, 5.74) is -0.598. The highest BCUT2D eigenvalue weighted by atomic mass is 32.1. The molecule has 3 rings (SSSR count). The van der Waals surface area contributed by atoms with Crippen molar-refractivity contribution in [2.24, 2.45) is 0 Å². The van der Waals surface area contributed by atoms with Gasteiger partial charge < -0.3 is 10.1 Å². The molecule has 29 heavy (non-hydrogen) atoms. The lowest BCUT2D eigenvalue weighted by Gasteiger charge is -2.31. The molecular formula is C17H15F3N4O4S. The van der Waals surface area contributed by atoms with Gasteiger partial charge in [0, 0.05) is 0 Å². The summed E-state index contributed by atoms with van der Waals surface area (Å²) in [7, 11) is 0. The van der Waals surface area contributed by atoms with Crippen molar-refractivity contribution in [3.8, 4) is 0 Å². The van der Waals surface area contributed by atoms with E-state index in [1.165, 1.54) is 6.92 Å². The Balaban J connectivity index is 1.82. The summed E-state index contributed by atoms with van der Waals surface area (Å²) in [4.78, 5) is 38.1. The van der Waals surface area contributed by atoms with E-state index < -0.39 is 42.2 Å².